The lowest BCUT2D eigenvalue weighted by Crippen LogP contribution is -2.45. The molecule has 0 heterocycles. The Labute approximate surface area is 189 Å². The smallest absolute Gasteiger partial charge is 0.407 e. The molecule has 1 amide bonds. The number of esters is 1. The molecule has 0 bridgehead atoms. The molecule has 6 heteroatoms. The Morgan fingerprint density at radius 1 is 0.969 bits per heavy atom. The Kier molecular flexibility index (Phi) is 7.33. The van der Waals surface area contributed by atoms with Crippen molar-refractivity contribution in [2.45, 2.75) is 64.5 Å². The van der Waals surface area contributed by atoms with Gasteiger partial charge in [0.2, 0.25) is 0 Å². The number of Topliss-reactive ketones (excluding diaryl/α,β-unsaturated/α-hetero) is 1. The fourth-order valence-electron chi connectivity index (χ4n) is 3.96. The molecule has 1 unspecified atom stereocenters. The first-order valence-electron chi connectivity index (χ1n) is 11.1. The van der Waals surface area contributed by atoms with Gasteiger partial charge in [-0.2, -0.15) is 0 Å². The SMILES string of the molecule is CCCC(=O)CC(NC(=O)OCC1c2ccccc2-c2ccccc21)C(=O)OC(C)(C)C. The number of benzene rings is 2. The third-order valence-electron chi connectivity index (χ3n) is 5.29. The van der Waals surface area contributed by atoms with Gasteiger partial charge >= 0.3 is 12.1 Å². The van der Waals surface area contributed by atoms with Gasteiger partial charge in [-0.3, -0.25) is 4.79 Å². The molecule has 1 N–H and O–H groups in total. The Balaban J connectivity index is 1.68. The van der Waals surface area contributed by atoms with E-state index in [1.54, 1.807) is 20.8 Å². The van der Waals surface area contributed by atoms with Gasteiger partial charge in [0.15, 0.2) is 0 Å². The highest BCUT2D eigenvalue weighted by Gasteiger charge is 2.31. The van der Waals surface area contributed by atoms with Crippen molar-refractivity contribution in [3.63, 3.8) is 0 Å². The van der Waals surface area contributed by atoms with Gasteiger partial charge in [-0.25, -0.2) is 9.59 Å². The van der Waals surface area contributed by atoms with Crippen molar-refractivity contribution in [1.82, 2.24) is 5.32 Å². The number of ketones is 1. The predicted octanol–water partition coefficient (Wildman–Crippen LogP) is 4.99. The van der Waals surface area contributed by atoms with Crippen LogP contribution in [0.1, 0.15) is 64.0 Å². The lowest BCUT2D eigenvalue weighted by atomic mass is 9.98. The molecular formula is C26H31NO5. The van der Waals surface area contributed by atoms with Crippen LogP contribution in [0, 0.1) is 0 Å². The number of hydrogen-bond acceptors (Lipinski definition) is 5. The molecular weight excluding hydrogens is 406 g/mol. The number of ether oxygens (including phenoxy) is 2. The van der Waals surface area contributed by atoms with Gasteiger partial charge in [0.05, 0.1) is 0 Å². The van der Waals surface area contributed by atoms with Crippen LogP contribution in [0.25, 0.3) is 11.1 Å². The Morgan fingerprint density at radius 3 is 2.06 bits per heavy atom. The normalized spacial score (nSPS) is 13.6. The molecule has 2 aromatic carbocycles. The molecule has 0 aliphatic heterocycles. The summed E-state index contributed by atoms with van der Waals surface area (Å²) in [6.45, 7) is 7.23. The van der Waals surface area contributed by atoms with Crippen molar-refractivity contribution in [3.8, 4) is 11.1 Å². The monoisotopic (exact) mass is 437 g/mol. The Bertz CT molecular complexity index is 946. The van der Waals surface area contributed by atoms with Gasteiger partial charge in [0, 0.05) is 18.8 Å². The van der Waals surface area contributed by atoms with Crippen LogP contribution in [-0.4, -0.2) is 36.1 Å². The summed E-state index contributed by atoms with van der Waals surface area (Å²) in [5, 5.41) is 2.54. The third-order valence-corrected chi connectivity index (χ3v) is 5.29. The molecule has 0 spiro atoms. The van der Waals surface area contributed by atoms with Crippen LogP contribution < -0.4 is 5.32 Å². The van der Waals surface area contributed by atoms with Gasteiger partial charge in [-0.05, 0) is 49.4 Å². The van der Waals surface area contributed by atoms with Crippen LogP contribution >= 0.6 is 0 Å². The van der Waals surface area contributed by atoms with Crippen molar-refractivity contribution in [2.75, 3.05) is 6.61 Å². The zero-order valence-electron chi connectivity index (χ0n) is 19.1. The second-order valence-corrected chi connectivity index (χ2v) is 9.05. The number of fused-ring (bicyclic) bond motifs is 3. The van der Waals surface area contributed by atoms with Gasteiger partial charge in [-0.1, -0.05) is 55.5 Å². The van der Waals surface area contributed by atoms with E-state index >= 15 is 0 Å². The van der Waals surface area contributed by atoms with Crippen LogP contribution in [0.5, 0.6) is 0 Å². The average molecular weight is 438 g/mol. The van der Waals surface area contributed by atoms with E-state index in [0.717, 1.165) is 22.3 Å². The molecule has 0 fully saturated rings. The fraction of sp³-hybridized carbons (Fsp3) is 0.423. The van der Waals surface area contributed by atoms with E-state index in [1.165, 1.54) is 0 Å². The zero-order chi connectivity index (χ0) is 23.3. The summed E-state index contributed by atoms with van der Waals surface area (Å²) in [6.07, 6.45) is 0.149. The lowest BCUT2D eigenvalue weighted by Gasteiger charge is -2.24. The number of amides is 1. The minimum Gasteiger partial charge on any atom is -0.458 e. The molecule has 1 aliphatic rings. The van der Waals surface area contributed by atoms with Crippen LogP contribution in [0.3, 0.4) is 0 Å². The highest BCUT2D eigenvalue weighted by atomic mass is 16.6. The predicted molar refractivity (Wildman–Crippen MR) is 122 cm³/mol. The number of alkyl carbamates (subject to hydrolysis) is 1. The molecule has 0 saturated heterocycles. The largest absolute Gasteiger partial charge is 0.458 e. The quantitative estimate of drug-likeness (QED) is 0.588. The minimum atomic E-state index is -1.08. The number of carbonyl (C=O) groups excluding carboxylic acids is 3. The van der Waals surface area contributed by atoms with E-state index in [9.17, 15) is 14.4 Å². The van der Waals surface area contributed by atoms with E-state index < -0.39 is 23.7 Å². The second-order valence-electron chi connectivity index (χ2n) is 9.05. The first-order valence-corrected chi connectivity index (χ1v) is 11.1. The average Bonchev–Trinajstić information content (AvgIpc) is 3.04. The summed E-state index contributed by atoms with van der Waals surface area (Å²) in [7, 11) is 0. The van der Waals surface area contributed by atoms with Crippen LogP contribution in [0.15, 0.2) is 48.5 Å². The molecule has 1 aliphatic carbocycles. The summed E-state index contributed by atoms with van der Waals surface area (Å²) >= 11 is 0. The molecule has 1 atom stereocenters. The maximum absolute atomic E-state index is 12.6. The number of nitrogens with one attached hydrogen (secondary N) is 1. The van der Waals surface area contributed by atoms with Crippen molar-refractivity contribution in [1.29, 1.82) is 0 Å². The van der Waals surface area contributed by atoms with Gasteiger partial charge < -0.3 is 14.8 Å². The lowest BCUT2D eigenvalue weighted by molar-refractivity contribution is -0.158. The third kappa shape index (κ3) is 5.75. The van der Waals surface area contributed by atoms with E-state index in [2.05, 4.69) is 17.4 Å². The van der Waals surface area contributed by atoms with Gasteiger partial charge in [0.25, 0.3) is 0 Å². The van der Waals surface area contributed by atoms with Crippen molar-refractivity contribution < 1.29 is 23.9 Å². The molecule has 0 saturated carbocycles. The van der Waals surface area contributed by atoms with Crippen LogP contribution in [-0.2, 0) is 19.1 Å². The maximum Gasteiger partial charge on any atom is 0.407 e. The molecule has 0 radical (unpaired) electrons. The van der Waals surface area contributed by atoms with E-state index in [-0.39, 0.29) is 24.7 Å². The Hall–Kier alpha value is -3.15. The summed E-state index contributed by atoms with van der Waals surface area (Å²) < 4.78 is 10.9. The van der Waals surface area contributed by atoms with E-state index in [1.807, 2.05) is 43.3 Å². The maximum atomic E-state index is 12.6. The molecule has 0 aromatic heterocycles. The standard InChI is InChI=1S/C26H31NO5/c1-5-10-17(28)15-23(24(29)32-26(2,3)4)27-25(30)31-16-22-20-13-8-6-11-18(20)19-12-7-9-14-21(19)22/h6-9,11-14,22-23H,5,10,15-16H2,1-4H3,(H,27,30). The molecule has 3 rings (SSSR count). The Morgan fingerprint density at radius 2 is 1.53 bits per heavy atom. The summed E-state index contributed by atoms with van der Waals surface area (Å²) in [4.78, 5) is 37.3. The number of rotatable bonds is 8. The first kappa shape index (κ1) is 23.5. The molecule has 6 nitrogen and oxygen atoms in total. The zero-order valence-corrected chi connectivity index (χ0v) is 19.1. The summed E-state index contributed by atoms with van der Waals surface area (Å²) in [6, 6.07) is 15.0. The molecule has 2 aromatic rings. The summed E-state index contributed by atoms with van der Waals surface area (Å²) in [5.74, 6) is -0.840. The first-order chi connectivity index (χ1) is 15.2. The fourth-order valence-corrected chi connectivity index (χ4v) is 3.96. The van der Waals surface area contributed by atoms with Crippen molar-refractivity contribution in [2.24, 2.45) is 0 Å². The van der Waals surface area contributed by atoms with Crippen LogP contribution in [0.4, 0.5) is 4.79 Å². The topological polar surface area (TPSA) is 81.7 Å². The molecule has 170 valence electrons. The van der Waals surface area contributed by atoms with Crippen LogP contribution in [0.2, 0.25) is 0 Å². The van der Waals surface area contributed by atoms with Gasteiger partial charge in [-0.15, -0.1) is 0 Å². The van der Waals surface area contributed by atoms with E-state index in [0.29, 0.717) is 12.8 Å². The second kappa shape index (κ2) is 9.98. The van der Waals surface area contributed by atoms with E-state index in [4.69, 9.17) is 9.47 Å². The van der Waals surface area contributed by atoms with Crippen molar-refractivity contribution in [3.05, 3.63) is 59.7 Å². The number of carbonyl (C=O) groups is 3. The van der Waals surface area contributed by atoms with Gasteiger partial charge in [0.1, 0.15) is 24.0 Å². The minimum absolute atomic E-state index is 0.0881. The molecule has 32 heavy (non-hydrogen) atoms. The number of hydrogen-bond donors (Lipinski definition) is 1. The highest BCUT2D eigenvalue weighted by molar-refractivity contribution is 5.89. The van der Waals surface area contributed by atoms with Crippen molar-refractivity contribution >= 4 is 17.8 Å². The summed E-state index contributed by atoms with van der Waals surface area (Å²) in [5.41, 5.74) is 3.74. The highest BCUT2D eigenvalue weighted by Crippen LogP contribution is 2.44.